The third-order valence-corrected chi connectivity index (χ3v) is 6.69. The van der Waals surface area contributed by atoms with E-state index < -0.39 is 10.0 Å². The quantitative estimate of drug-likeness (QED) is 0.295. The number of carbonyl (C=O) groups excluding carboxylic acids is 1. The summed E-state index contributed by atoms with van der Waals surface area (Å²) in [5.41, 5.74) is 2.66. The number of rotatable bonds is 7. The first-order valence-corrected chi connectivity index (χ1v) is 12.0. The maximum Gasteiger partial charge on any atom is 0.263 e. The lowest BCUT2D eigenvalue weighted by molar-refractivity contribution is -0.111. The first-order chi connectivity index (χ1) is 15.5. The molecule has 0 aliphatic heterocycles. The molecule has 0 radical (unpaired) electrons. The van der Waals surface area contributed by atoms with Gasteiger partial charge in [0.25, 0.3) is 15.9 Å². The molecule has 2 N–H and O–H groups in total. The van der Waals surface area contributed by atoms with Crippen LogP contribution < -0.4 is 10.0 Å². The number of aromatic nitrogens is 1. The minimum absolute atomic E-state index is 0.0776. The van der Waals surface area contributed by atoms with E-state index in [9.17, 15) is 13.2 Å². The number of nitrogens with zero attached hydrogens (tertiary/aromatic N) is 1. The van der Waals surface area contributed by atoms with Crippen LogP contribution in [0.15, 0.2) is 101 Å². The minimum Gasteiger partial charge on any atom is -0.322 e. The average Bonchev–Trinajstić information content (AvgIpc) is 3.31. The molecule has 4 rings (SSSR count). The van der Waals surface area contributed by atoms with Crippen LogP contribution in [0.2, 0.25) is 0 Å². The van der Waals surface area contributed by atoms with Crippen LogP contribution >= 0.6 is 11.3 Å². The molecule has 0 aliphatic carbocycles. The Balaban J connectivity index is 1.55. The van der Waals surface area contributed by atoms with Crippen molar-refractivity contribution in [3.8, 4) is 0 Å². The Kier molecular flexibility index (Phi) is 6.44. The molecular formula is C24H19N3O3S2. The summed E-state index contributed by atoms with van der Waals surface area (Å²) in [5.74, 6) is -0.295. The first-order valence-electron chi connectivity index (χ1n) is 9.67. The standard InChI is InChI=1S/C24H19N3O3S2/c28-23(22(19-9-5-2-6-10-19)17-18-7-3-1-4-8-18)26-20-11-13-21(14-12-20)32(29,30)27-24-25-15-16-31-24/h1-17H,(H,25,27)(H,26,28)/b22-17+. The molecule has 3 aromatic carbocycles. The summed E-state index contributed by atoms with van der Waals surface area (Å²) >= 11 is 1.19. The fourth-order valence-electron chi connectivity index (χ4n) is 2.98. The van der Waals surface area contributed by atoms with E-state index >= 15 is 0 Å². The maximum atomic E-state index is 13.1. The van der Waals surface area contributed by atoms with Crippen molar-refractivity contribution in [3.63, 3.8) is 0 Å². The van der Waals surface area contributed by atoms with Crippen molar-refractivity contribution in [2.24, 2.45) is 0 Å². The Morgan fingerprint density at radius 2 is 1.53 bits per heavy atom. The third-order valence-electron chi connectivity index (χ3n) is 4.52. The molecule has 1 aromatic heterocycles. The summed E-state index contributed by atoms with van der Waals surface area (Å²) in [6.07, 6.45) is 3.34. The molecule has 0 fully saturated rings. The Morgan fingerprint density at radius 3 is 2.16 bits per heavy atom. The lowest BCUT2D eigenvalue weighted by Gasteiger charge is -2.11. The van der Waals surface area contributed by atoms with Gasteiger partial charge in [-0.2, -0.15) is 0 Å². The summed E-state index contributed by atoms with van der Waals surface area (Å²) in [4.78, 5) is 17.1. The van der Waals surface area contributed by atoms with Crippen molar-refractivity contribution in [3.05, 3.63) is 108 Å². The zero-order chi connectivity index (χ0) is 22.4. The Morgan fingerprint density at radius 1 is 0.875 bits per heavy atom. The van der Waals surface area contributed by atoms with Gasteiger partial charge in [-0.05, 0) is 41.5 Å². The molecule has 1 amide bonds. The molecule has 0 saturated heterocycles. The van der Waals surface area contributed by atoms with Gasteiger partial charge in [0.2, 0.25) is 0 Å². The van der Waals surface area contributed by atoms with Gasteiger partial charge in [-0.25, -0.2) is 13.4 Å². The van der Waals surface area contributed by atoms with Gasteiger partial charge in [-0.3, -0.25) is 9.52 Å². The molecule has 8 heteroatoms. The summed E-state index contributed by atoms with van der Waals surface area (Å²) < 4.78 is 27.4. The number of carbonyl (C=O) groups is 1. The van der Waals surface area contributed by atoms with Gasteiger partial charge in [-0.1, -0.05) is 60.7 Å². The number of sulfonamides is 1. The maximum absolute atomic E-state index is 13.1. The van der Waals surface area contributed by atoms with Crippen molar-refractivity contribution in [2.75, 3.05) is 10.0 Å². The normalized spacial score (nSPS) is 11.7. The van der Waals surface area contributed by atoms with E-state index in [1.165, 1.54) is 29.7 Å². The zero-order valence-corrected chi connectivity index (χ0v) is 18.4. The highest BCUT2D eigenvalue weighted by Crippen LogP contribution is 2.23. The van der Waals surface area contributed by atoms with Crippen molar-refractivity contribution in [2.45, 2.75) is 4.90 Å². The van der Waals surface area contributed by atoms with E-state index in [0.29, 0.717) is 16.4 Å². The molecule has 6 nitrogen and oxygen atoms in total. The molecule has 4 aromatic rings. The predicted octanol–water partition coefficient (Wildman–Crippen LogP) is 5.12. The molecular weight excluding hydrogens is 442 g/mol. The van der Waals surface area contributed by atoms with Crippen molar-refractivity contribution < 1.29 is 13.2 Å². The van der Waals surface area contributed by atoms with Crippen LogP contribution in [0.4, 0.5) is 10.8 Å². The average molecular weight is 462 g/mol. The van der Waals surface area contributed by atoms with Gasteiger partial charge < -0.3 is 5.32 Å². The Hall–Kier alpha value is -3.75. The molecule has 32 heavy (non-hydrogen) atoms. The fourth-order valence-corrected chi connectivity index (χ4v) is 4.77. The monoisotopic (exact) mass is 461 g/mol. The molecule has 0 aliphatic rings. The second-order valence-electron chi connectivity index (χ2n) is 6.76. The highest BCUT2D eigenvalue weighted by molar-refractivity contribution is 7.93. The first kappa shape index (κ1) is 21.5. The molecule has 0 bridgehead atoms. The SMILES string of the molecule is O=C(Nc1ccc(S(=O)(=O)Nc2nccs2)cc1)/C(=C/c1ccccc1)c1ccccc1. The number of anilines is 2. The van der Waals surface area contributed by atoms with Crippen molar-refractivity contribution in [1.82, 2.24) is 4.98 Å². The number of hydrogen-bond donors (Lipinski definition) is 2. The van der Waals surface area contributed by atoms with Crippen LogP contribution in [-0.2, 0) is 14.8 Å². The summed E-state index contributed by atoms with van der Waals surface area (Å²) in [6, 6.07) is 24.9. The van der Waals surface area contributed by atoms with Crippen LogP contribution in [0.5, 0.6) is 0 Å². The van der Waals surface area contributed by atoms with Crippen LogP contribution in [-0.4, -0.2) is 19.3 Å². The second kappa shape index (κ2) is 9.59. The van der Waals surface area contributed by atoms with Crippen molar-refractivity contribution in [1.29, 1.82) is 0 Å². The van der Waals surface area contributed by atoms with Gasteiger partial charge in [0.05, 0.1) is 4.90 Å². The van der Waals surface area contributed by atoms with E-state index in [2.05, 4.69) is 15.0 Å². The van der Waals surface area contributed by atoms with Crippen molar-refractivity contribution >= 4 is 49.7 Å². The molecule has 0 atom stereocenters. The van der Waals surface area contributed by atoms with E-state index in [1.54, 1.807) is 17.5 Å². The van der Waals surface area contributed by atoms with Gasteiger partial charge >= 0.3 is 0 Å². The molecule has 0 spiro atoms. The lowest BCUT2D eigenvalue weighted by atomic mass is 10.0. The van der Waals surface area contributed by atoms with Gasteiger partial charge in [0.1, 0.15) is 0 Å². The van der Waals surface area contributed by atoms with Crippen LogP contribution in [0.1, 0.15) is 11.1 Å². The van der Waals surface area contributed by atoms with Crippen LogP contribution in [0, 0.1) is 0 Å². The molecule has 0 saturated carbocycles. The predicted molar refractivity (Wildman–Crippen MR) is 129 cm³/mol. The highest BCUT2D eigenvalue weighted by Gasteiger charge is 2.17. The number of benzene rings is 3. The lowest BCUT2D eigenvalue weighted by Crippen LogP contribution is -2.15. The van der Waals surface area contributed by atoms with E-state index in [1.807, 2.05) is 66.7 Å². The topological polar surface area (TPSA) is 88.2 Å². The molecule has 160 valence electrons. The Labute approximate surface area is 190 Å². The van der Waals surface area contributed by atoms with Crippen LogP contribution in [0.25, 0.3) is 11.6 Å². The summed E-state index contributed by atoms with van der Waals surface area (Å²) in [7, 11) is -3.75. The fraction of sp³-hybridized carbons (Fsp3) is 0. The smallest absolute Gasteiger partial charge is 0.263 e. The highest BCUT2D eigenvalue weighted by atomic mass is 32.2. The van der Waals surface area contributed by atoms with E-state index in [0.717, 1.165) is 11.1 Å². The summed E-state index contributed by atoms with van der Waals surface area (Å²) in [5, 5.41) is 4.83. The number of thiazole rings is 1. The largest absolute Gasteiger partial charge is 0.322 e. The van der Waals surface area contributed by atoms with E-state index in [4.69, 9.17) is 0 Å². The minimum atomic E-state index is -3.75. The number of amides is 1. The van der Waals surface area contributed by atoms with Gasteiger partial charge in [0.15, 0.2) is 5.13 Å². The molecule has 0 unspecified atom stereocenters. The second-order valence-corrected chi connectivity index (χ2v) is 9.33. The number of hydrogen-bond acceptors (Lipinski definition) is 5. The van der Waals surface area contributed by atoms with Gasteiger partial charge in [-0.15, -0.1) is 11.3 Å². The number of nitrogens with one attached hydrogen (secondary N) is 2. The summed E-state index contributed by atoms with van der Waals surface area (Å²) in [6.45, 7) is 0. The van der Waals surface area contributed by atoms with Gasteiger partial charge in [0, 0.05) is 22.8 Å². The van der Waals surface area contributed by atoms with Crippen LogP contribution in [0.3, 0.4) is 0 Å². The molecule has 1 heterocycles. The van der Waals surface area contributed by atoms with E-state index in [-0.39, 0.29) is 10.8 Å². The zero-order valence-electron chi connectivity index (χ0n) is 16.8. The Bertz CT molecular complexity index is 1320. The third kappa shape index (κ3) is 5.29.